The quantitative estimate of drug-likeness (QED) is 0.743. The van der Waals surface area contributed by atoms with E-state index < -0.39 is 6.04 Å². The average Bonchev–Trinajstić information content (AvgIpc) is 3.08. The van der Waals surface area contributed by atoms with Gasteiger partial charge in [-0.25, -0.2) is 4.90 Å². The zero-order valence-electron chi connectivity index (χ0n) is 16.1. The van der Waals surface area contributed by atoms with E-state index in [1.165, 1.54) is 10.6 Å². The number of fused-ring (bicyclic) bond motifs is 1. The molecule has 5 rings (SSSR count). The minimum absolute atomic E-state index is 0.153. The van der Waals surface area contributed by atoms with Gasteiger partial charge in [0.15, 0.2) is 11.5 Å². The van der Waals surface area contributed by atoms with Gasteiger partial charge in [0, 0.05) is 37.9 Å². The molecular formula is C22H23N3O4. The van der Waals surface area contributed by atoms with E-state index in [0.29, 0.717) is 30.4 Å². The molecule has 0 unspecified atom stereocenters. The minimum atomic E-state index is -0.395. The fourth-order valence-electron chi connectivity index (χ4n) is 4.27. The smallest absolute Gasteiger partial charge is 0.251 e. The summed E-state index contributed by atoms with van der Waals surface area (Å²) in [7, 11) is 0. The van der Waals surface area contributed by atoms with E-state index in [2.05, 4.69) is 21.9 Å². The summed E-state index contributed by atoms with van der Waals surface area (Å²) in [6.07, 6.45) is 0.221. The zero-order chi connectivity index (χ0) is 19.8. The second kappa shape index (κ2) is 7.40. The molecule has 2 fully saturated rings. The largest absolute Gasteiger partial charge is 0.486 e. The highest BCUT2D eigenvalue weighted by Gasteiger charge is 2.43. The van der Waals surface area contributed by atoms with Gasteiger partial charge in [-0.2, -0.15) is 0 Å². The van der Waals surface area contributed by atoms with Crippen molar-refractivity contribution >= 4 is 23.2 Å². The Morgan fingerprint density at radius 1 is 0.793 bits per heavy atom. The van der Waals surface area contributed by atoms with E-state index in [0.717, 1.165) is 26.2 Å². The number of rotatable bonds is 3. The molecule has 2 aromatic carbocycles. The predicted molar refractivity (Wildman–Crippen MR) is 109 cm³/mol. The lowest BCUT2D eigenvalue weighted by atomic mass is 10.1. The SMILES string of the molecule is O=C1C[C@H](N2CCN(c3ccccc3)CC2)C(=O)N1c1ccc2c(c1)OCCO2. The van der Waals surface area contributed by atoms with Crippen molar-refractivity contribution < 1.29 is 19.1 Å². The number of amides is 2. The number of hydrogen-bond acceptors (Lipinski definition) is 6. The molecule has 3 aliphatic rings. The van der Waals surface area contributed by atoms with Gasteiger partial charge in [-0.1, -0.05) is 18.2 Å². The maximum absolute atomic E-state index is 13.1. The maximum Gasteiger partial charge on any atom is 0.251 e. The lowest BCUT2D eigenvalue weighted by molar-refractivity contribution is -0.123. The number of hydrogen-bond donors (Lipinski definition) is 0. The molecule has 2 saturated heterocycles. The first-order valence-electron chi connectivity index (χ1n) is 10.0. The van der Waals surface area contributed by atoms with E-state index >= 15 is 0 Å². The summed E-state index contributed by atoms with van der Waals surface area (Å²) in [5, 5.41) is 0. The van der Waals surface area contributed by atoms with Crippen LogP contribution >= 0.6 is 0 Å². The Labute approximate surface area is 169 Å². The average molecular weight is 393 g/mol. The van der Waals surface area contributed by atoms with Crippen LogP contribution in [0.5, 0.6) is 11.5 Å². The fraction of sp³-hybridized carbons (Fsp3) is 0.364. The minimum Gasteiger partial charge on any atom is -0.486 e. The Hall–Kier alpha value is -3.06. The summed E-state index contributed by atoms with van der Waals surface area (Å²) in [6.45, 7) is 4.16. The molecule has 0 spiro atoms. The van der Waals surface area contributed by atoms with Crippen LogP contribution in [0.3, 0.4) is 0 Å². The van der Waals surface area contributed by atoms with Gasteiger partial charge in [0.05, 0.1) is 18.2 Å². The summed E-state index contributed by atoms with van der Waals surface area (Å²) in [4.78, 5) is 31.6. The zero-order valence-corrected chi connectivity index (χ0v) is 16.1. The first-order valence-corrected chi connectivity index (χ1v) is 10.0. The van der Waals surface area contributed by atoms with E-state index in [1.54, 1.807) is 18.2 Å². The van der Waals surface area contributed by atoms with Crippen LogP contribution in [-0.2, 0) is 9.59 Å². The Morgan fingerprint density at radius 3 is 2.28 bits per heavy atom. The molecule has 0 aromatic heterocycles. The number of piperazine rings is 1. The molecule has 0 saturated carbocycles. The van der Waals surface area contributed by atoms with Crippen molar-refractivity contribution in [3.8, 4) is 11.5 Å². The third kappa shape index (κ3) is 3.31. The van der Waals surface area contributed by atoms with Crippen molar-refractivity contribution in [3.05, 3.63) is 48.5 Å². The fourth-order valence-corrected chi connectivity index (χ4v) is 4.27. The first-order chi connectivity index (χ1) is 14.2. The van der Waals surface area contributed by atoms with Gasteiger partial charge in [-0.3, -0.25) is 14.5 Å². The number of benzene rings is 2. The molecule has 3 heterocycles. The monoisotopic (exact) mass is 393 g/mol. The van der Waals surface area contributed by atoms with Gasteiger partial charge in [-0.05, 0) is 24.3 Å². The van der Waals surface area contributed by atoms with Gasteiger partial charge in [0.25, 0.3) is 5.91 Å². The second-order valence-electron chi connectivity index (χ2n) is 7.47. The molecule has 1 atom stereocenters. The molecule has 29 heavy (non-hydrogen) atoms. The van der Waals surface area contributed by atoms with Crippen molar-refractivity contribution in [2.75, 3.05) is 49.2 Å². The molecule has 3 aliphatic heterocycles. The topological polar surface area (TPSA) is 62.3 Å². The molecule has 7 heteroatoms. The summed E-state index contributed by atoms with van der Waals surface area (Å²) >= 11 is 0. The Bertz CT molecular complexity index is 925. The Balaban J connectivity index is 1.29. The summed E-state index contributed by atoms with van der Waals surface area (Å²) < 4.78 is 11.1. The van der Waals surface area contributed by atoms with E-state index in [9.17, 15) is 9.59 Å². The van der Waals surface area contributed by atoms with Crippen molar-refractivity contribution in [3.63, 3.8) is 0 Å². The lowest BCUT2D eigenvalue weighted by Crippen LogP contribution is -2.52. The third-order valence-corrected chi connectivity index (χ3v) is 5.78. The molecule has 0 bridgehead atoms. The highest BCUT2D eigenvalue weighted by Crippen LogP contribution is 2.36. The molecule has 7 nitrogen and oxygen atoms in total. The predicted octanol–water partition coefficient (Wildman–Crippen LogP) is 1.91. The van der Waals surface area contributed by atoms with Crippen LogP contribution < -0.4 is 19.3 Å². The van der Waals surface area contributed by atoms with Gasteiger partial charge in [0.2, 0.25) is 5.91 Å². The van der Waals surface area contributed by atoms with E-state index in [1.807, 2.05) is 18.2 Å². The van der Waals surface area contributed by atoms with E-state index in [4.69, 9.17) is 9.47 Å². The number of nitrogens with zero attached hydrogens (tertiary/aromatic N) is 3. The molecule has 0 radical (unpaired) electrons. The highest BCUT2D eigenvalue weighted by atomic mass is 16.6. The maximum atomic E-state index is 13.1. The lowest BCUT2D eigenvalue weighted by Gasteiger charge is -2.38. The molecule has 2 aromatic rings. The summed E-state index contributed by atoms with van der Waals surface area (Å²) in [6, 6.07) is 15.1. The Morgan fingerprint density at radius 2 is 1.52 bits per heavy atom. The van der Waals surface area contributed by atoms with Crippen molar-refractivity contribution in [2.45, 2.75) is 12.5 Å². The van der Waals surface area contributed by atoms with Crippen LogP contribution in [0.1, 0.15) is 6.42 Å². The van der Waals surface area contributed by atoms with Crippen molar-refractivity contribution in [1.29, 1.82) is 0 Å². The molecular weight excluding hydrogens is 370 g/mol. The van der Waals surface area contributed by atoms with Crippen LogP contribution in [0, 0.1) is 0 Å². The number of carbonyl (C=O) groups excluding carboxylic acids is 2. The molecule has 0 aliphatic carbocycles. The summed E-state index contributed by atoms with van der Waals surface area (Å²) in [5.74, 6) is 0.906. The standard InChI is InChI=1S/C22H23N3O4/c26-21-15-18(24-10-8-23(9-11-24)16-4-2-1-3-5-16)22(27)25(21)17-6-7-19-20(14-17)29-13-12-28-19/h1-7,14,18H,8-13,15H2/t18-/m0/s1. The Kier molecular flexibility index (Phi) is 4.60. The van der Waals surface area contributed by atoms with Crippen LogP contribution in [0.25, 0.3) is 0 Å². The normalized spacial score (nSPS) is 22.3. The van der Waals surface area contributed by atoms with Crippen LogP contribution in [0.4, 0.5) is 11.4 Å². The molecule has 150 valence electrons. The van der Waals surface area contributed by atoms with E-state index in [-0.39, 0.29) is 18.2 Å². The number of para-hydroxylation sites is 1. The number of carbonyl (C=O) groups is 2. The van der Waals surface area contributed by atoms with Gasteiger partial charge in [0.1, 0.15) is 13.2 Å². The number of anilines is 2. The van der Waals surface area contributed by atoms with Crippen LogP contribution in [-0.4, -0.2) is 62.1 Å². The highest BCUT2D eigenvalue weighted by molar-refractivity contribution is 6.22. The van der Waals surface area contributed by atoms with Crippen molar-refractivity contribution in [1.82, 2.24) is 4.90 Å². The van der Waals surface area contributed by atoms with Gasteiger partial charge in [-0.15, -0.1) is 0 Å². The first kappa shape index (κ1) is 18.0. The van der Waals surface area contributed by atoms with Crippen LogP contribution in [0.2, 0.25) is 0 Å². The second-order valence-corrected chi connectivity index (χ2v) is 7.47. The number of ether oxygens (including phenoxy) is 2. The van der Waals surface area contributed by atoms with Gasteiger partial charge >= 0.3 is 0 Å². The van der Waals surface area contributed by atoms with Gasteiger partial charge < -0.3 is 14.4 Å². The summed E-state index contributed by atoms with van der Waals surface area (Å²) in [5.41, 5.74) is 1.74. The molecule has 2 amide bonds. The third-order valence-electron chi connectivity index (χ3n) is 5.78. The van der Waals surface area contributed by atoms with Crippen molar-refractivity contribution in [2.24, 2.45) is 0 Å². The van der Waals surface area contributed by atoms with Crippen LogP contribution in [0.15, 0.2) is 48.5 Å². The number of imide groups is 1. The molecule has 0 N–H and O–H groups in total.